The third kappa shape index (κ3) is 4.04. The van der Waals surface area contributed by atoms with Crippen LogP contribution in [0.2, 0.25) is 0 Å². The predicted octanol–water partition coefficient (Wildman–Crippen LogP) is 2.48. The van der Waals surface area contributed by atoms with E-state index in [0.717, 1.165) is 18.0 Å². The second-order valence-corrected chi connectivity index (χ2v) is 5.84. The van der Waals surface area contributed by atoms with E-state index < -0.39 is 17.7 Å². The van der Waals surface area contributed by atoms with Gasteiger partial charge in [0.25, 0.3) is 5.91 Å². The molecule has 1 saturated heterocycles. The molecule has 132 valence electrons. The van der Waals surface area contributed by atoms with Crippen LogP contribution >= 0.6 is 0 Å². The normalized spacial score (nSPS) is 15.8. The standard InChI is InChI=1S/C18H19F2N3O2/c1-13(25-14-5-6-15(19)16(20)12-14)18(24)23-10-8-22(9-11-23)17-4-2-3-7-21-17/h2-7,12-13H,8-11H2,1H3. The Balaban J connectivity index is 1.55. The summed E-state index contributed by atoms with van der Waals surface area (Å²) in [4.78, 5) is 20.6. The molecule has 0 saturated carbocycles. The fraction of sp³-hybridized carbons (Fsp3) is 0.333. The fourth-order valence-corrected chi connectivity index (χ4v) is 2.76. The largest absolute Gasteiger partial charge is 0.481 e. The highest BCUT2D eigenvalue weighted by molar-refractivity contribution is 5.81. The van der Waals surface area contributed by atoms with Crippen LogP contribution in [0.4, 0.5) is 14.6 Å². The molecule has 1 aliphatic rings. The number of pyridine rings is 1. The topological polar surface area (TPSA) is 45.7 Å². The zero-order valence-electron chi connectivity index (χ0n) is 13.9. The second kappa shape index (κ2) is 7.46. The van der Waals surface area contributed by atoms with Gasteiger partial charge in [0.05, 0.1) is 0 Å². The summed E-state index contributed by atoms with van der Waals surface area (Å²) >= 11 is 0. The van der Waals surface area contributed by atoms with E-state index in [1.54, 1.807) is 18.0 Å². The number of aromatic nitrogens is 1. The van der Waals surface area contributed by atoms with Gasteiger partial charge in [-0.2, -0.15) is 0 Å². The van der Waals surface area contributed by atoms with E-state index in [9.17, 15) is 13.6 Å². The predicted molar refractivity (Wildman–Crippen MR) is 89.5 cm³/mol. The van der Waals surface area contributed by atoms with Gasteiger partial charge in [-0.1, -0.05) is 6.07 Å². The van der Waals surface area contributed by atoms with Crippen molar-refractivity contribution in [3.05, 3.63) is 54.2 Å². The highest BCUT2D eigenvalue weighted by Crippen LogP contribution is 2.18. The first-order valence-corrected chi connectivity index (χ1v) is 8.11. The van der Waals surface area contributed by atoms with Crippen molar-refractivity contribution in [2.75, 3.05) is 31.1 Å². The van der Waals surface area contributed by atoms with Crippen LogP contribution in [0.15, 0.2) is 42.6 Å². The molecule has 1 aromatic carbocycles. The van der Waals surface area contributed by atoms with Gasteiger partial charge < -0.3 is 14.5 Å². The molecule has 0 radical (unpaired) electrons. The molecule has 2 heterocycles. The molecule has 0 spiro atoms. The van der Waals surface area contributed by atoms with Crippen LogP contribution in [0.25, 0.3) is 0 Å². The molecule has 1 amide bonds. The Morgan fingerprint density at radius 3 is 2.52 bits per heavy atom. The third-order valence-corrected chi connectivity index (χ3v) is 4.12. The lowest BCUT2D eigenvalue weighted by Crippen LogP contribution is -2.52. The van der Waals surface area contributed by atoms with E-state index in [1.807, 2.05) is 18.2 Å². The van der Waals surface area contributed by atoms with Gasteiger partial charge in [-0.15, -0.1) is 0 Å². The van der Waals surface area contributed by atoms with Crippen LogP contribution in [0.3, 0.4) is 0 Å². The van der Waals surface area contributed by atoms with Gasteiger partial charge in [-0.05, 0) is 31.2 Å². The number of hydrogen-bond acceptors (Lipinski definition) is 4. The molecule has 1 unspecified atom stereocenters. The zero-order valence-corrected chi connectivity index (χ0v) is 13.9. The Hall–Kier alpha value is -2.70. The minimum absolute atomic E-state index is 0.131. The number of amides is 1. The van der Waals surface area contributed by atoms with Gasteiger partial charge in [0.15, 0.2) is 17.7 Å². The summed E-state index contributed by atoms with van der Waals surface area (Å²) in [5, 5.41) is 0. The van der Waals surface area contributed by atoms with E-state index in [0.29, 0.717) is 26.2 Å². The molecule has 1 fully saturated rings. The van der Waals surface area contributed by atoms with Gasteiger partial charge in [-0.3, -0.25) is 4.79 Å². The smallest absolute Gasteiger partial charge is 0.263 e. The van der Waals surface area contributed by atoms with Gasteiger partial charge in [-0.25, -0.2) is 13.8 Å². The number of anilines is 1. The lowest BCUT2D eigenvalue weighted by molar-refractivity contribution is -0.138. The average Bonchev–Trinajstić information content (AvgIpc) is 2.65. The van der Waals surface area contributed by atoms with Crippen molar-refractivity contribution in [3.8, 4) is 5.75 Å². The summed E-state index contributed by atoms with van der Waals surface area (Å²) < 4.78 is 31.6. The van der Waals surface area contributed by atoms with Crippen LogP contribution in [-0.4, -0.2) is 48.1 Å². The number of carbonyl (C=O) groups is 1. The first-order valence-electron chi connectivity index (χ1n) is 8.11. The Kier molecular flexibility index (Phi) is 5.11. The van der Waals surface area contributed by atoms with Crippen LogP contribution in [0, 0.1) is 11.6 Å². The number of hydrogen-bond donors (Lipinski definition) is 0. The Morgan fingerprint density at radius 1 is 1.12 bits per heavy atom. The van der Waals surface area contributed by atoms with E-state index in [4.69, 9.17) is 4.74 Å². The number of benzene rings is 1. The Bertz CT molecular complexity index is 734. The van der Waals surface area contributed by atoms with E-state index >= 15 is 0 Å². The SMILES string of the molecule is CC(Oc1ccc(F)c(F)c1)C(=O)N1CCN(c2ccccn2)CC1. The molecule has 25 heavy (non-hydrogen) atoms. The highest BCUT2D eigenvalue weighted by atomic mass is 19.2. The second-order valence-electron chi connectivity index (χ2n) is 5.84. The van der Waals surface area contributed by atoms with Crippen molar-refractivity contribution in [2.45, 2.75) is 13.0 Å². The van der Waals surface area contributed by atoms with Crippen LogP contribution in [0.5, 0.6) is 5.75 Å². The molecule has 1 aliphatic heterocycles. The lowest BCUT2D eigenvalue weighted by Gasteiger charge is -2.36. The van der Waals surface area contributed by atoms with Crippen LogP contribution < -0.4 is 9.64 Å². The van der Waals surface area contributed by atoms with E-state index in [-0.39, 0.29) is 11.7 Å². The van der Waals surface area contributed by atoms with Crippen molar-refractivity contribution in [1.82, 2.24) is 9.88 Å². The lowest BCUT2D eigenvalue weighted by atomic mass is 10.2. The molecule has 0 aliphatic carbocycles. The zero-order chi connectivity index (χ0) is 17.8. The fourth-order valence-electron chi connectivity index (χ4n) is 2.76. The molecule has 5 nitrogen and oxygen atoms in total. The van der Waals surface area contributed by atoms with Gasteiger partial charge in [0, 0.05) is 38.4 Å². The van der Waals surface area contributed by atoms with E-state index in [1.165, 1.54) is 6.07 Å². The summed E-state index contributed by atoms with van der Waals surface area (Å²) in [5.41, 5.74) is 0. The Morgan fingerprint density at radius 2 is 1.88 bits per heavy atom. The monoisotopic (exact) mass is 347 g/mol. The molecular weight excluding hydrogens is 328 g/mol. The van der Waals surface area contributed by atoms with Crippen molar-refractivity contribution in [1.29, 1.82) is 0 Å². The number of halogens is 2. The summed E-state index contributed by atoms with van der Waals surface area (Å²) in [6.07, 6.45) is 0.969. The molecule has 1 aromatic heterocycles. The first-order chi connectivity index (χ1) is 12.0. The first kappa shape index (κ1) is 17.1. The van der Waals surface area contributed by atoms with Crippen molar-refractivity contribution >= 4 is 11.7 Å². The van der Waals surface area contributed by atoms with Crippen LogP contribution in [-0.2, 0) is 4.79 Å². The Labute approximate surface area is 144 Å². The third-order valence-electron chi connectivity index (χ3n) is 4.12. The molecule has 2 aromatic rings. The molecule has 0 N–H and O–H groups in total. The maximum atomic E-state index is 13.2. The minimum Gasteiger partial charge on any atom is -0.481 e. The number of nitrogens with zero attached hydrogens (tertiary/aromatic N) is 3. The minimum atomic E-state index is -0.999. The summed E-state index contributed by atoms with van der Waals surface area (Å²) in [5.74, 6) is -1.10. The van der Waals surface area contributed by atoms with Gasteiger partial charge in [0.1, 0.15) is 11.6 Å². The molecule has 0 bridgehead atoms. The maximum Gasteiger partial charge on any atom is 0.263 e. The summed E-state index contributed by atoms with van der Waals surface area (Å²) in [6, 6.07) is 8.96. The molecule has 1 atom stereocenters. The van der Waals surface area contributed by atoms with Crippen molar-refractivity contribution in [2.24, 2.45) is 0 Å². The average molecular weight is 347 g/mol. The summed E-state index contributed by atoms with van der Waals surface area (Å²) in [7, 11) is 0. The van der Waals surface area contributed by atoms with Crippen molar-refractivity contribution < 1.29 is 18.3 Å². The van der Waals surface area contributed by atoms with Crippen molar-refractivity contribution in [3.63, 3.8) is 0 Å². The van der Waals surface area contributed by atoms with Gasteiger partial charge >= 0.3 is 0 Å². The molecule has 3 rings (SSSR count). The van der Waals surface area contributed by atoms with Gasteiger partial charge in [0.2, 0.25) is 0 Å². The number of rotatable bonds is 4. The molecule has 7 heteroatoms. The highest BCUT2D eigenvalue weighted by Gasteiger charge is 2.26. The maximum absolute atomic E-state index is 13.2. The number of carbonyl (C=O) groups excluding carboxylic acids is 1. The quantitative estimate of drug-likeness (QED) is 0.852. The summed E-state index contributed by atoms with van der Waals surface area (Å²) in [6.45, 7) is 4.08. The number of piperazine rings is 1. The number of ether oxygens (including phenoxy) is 1. The molecular formula is C18H19F2N3O2. The van der Waals surface area contributed by atoms with Crippen LogP contribution in [0.1, 0.15) is 6.92 Å². The van der Waals surface area contributed by atoms with E-state index in [2.05, 4.69) is 9.88 Å².